The van der Waals surface area contributed by atoms with E-state index in [1.807, 2.05) is 24.0 Å². The van der Waals surface area contributed by atoms with Gasteiger partial charge in [-0.15, -0.1) is 10.2 Å². The summed E-state index contributed by atoms with van der Waals surface area (Å²) in [5, 5.41) is 9.06. The van der Waals surface area contributed by atoms with Gasteiger partial charge in [0, 0.05) is 35.8 Å². The van der Waals surface area contributed by atoms with Gasteiger partial charge in [-0.25, -0.2) is 13.8 Å². The Labute approximate surface area is 139 Å². The predicted molar refractivity (Wildman–Crippen MR) is 87.1 cm³/mol. The molecule has 0 radical (unpaired) electrons. The lowest BCUT2D eigenvalue weighted by atomic mass is 10.1. The van der Waals surface area contributed by atoms with Crippen molar-refractivity contribution in [1.82, 2.24) is 19.6 Å². The molecule has 0 aliphatic carbocycles. The molecule has 0 amide bonds. The zero-order valence-corrected chi connectivity index (χ0v) is 14.0. The summed E-state index contributed by atoms with van der Waals surface area (Å²) in [5.74, 6) is -1.98. The highest BCUT2D eigenvalue weighted by atomic mass is 79.9. The largest absolute Gasteiger partial charge is 0.341 e. The van der Waals surface area contributed by atoms with Crippen LogP contribution in [0.1, 0.15) is 18.4 Å². The van der Waals surface area contributed by atoms with Crippen LogP contribution in [-0.4, -0.2) is 38.6 Å². The predicted octanol–water partition coefficient (Wildman–Crippen LogP) is 3.58. The van der Waals surface area contributed by atoms with Crippen molar-refractivity contribution >= 4 is 38.4 Å². The zero-order chi connectivity index (χ0) is 16.2. The number of aromatic nitrogens is 4. The highest BCUT2D eigenvalue weighted by Gasteiger charge is 2.35. The normalized spacial score (nSPS) is 18.0. The standard InChI is InChI=1S/C15H14BrF2N5/c1-9-6-10-12(11(16)7-9)20-14(23-8-19-21-13(10)23)22-4-2-15(17,18)3-5-22/h6-8H,2-5H2,1H3. The minimum atomic E-state index is -2.59. The van der Waals surface area contributed by atoms with E-state index in [0.717, 1.165) is 20.9 Å². The zero-order valence-electron chi connectivity index (χ0n) is 12.4. The van der Waals surface area contributed by atoms with Gasteiger partial charge in [0.05, 0.1) is 5.52 Å². The first kappa shape index (κ1) is 14.7. The van der Waals surface area contributed by atoms with E-state index < -0.39 is 5.92 Å². The van der Waals surface area contributed by atoms with Crippen LogP contribution in [-0.2, 0) is 0 Å². The van der Waals surface area contributed by atoms with Crippen LogP contribution in [0.3, 0.4) is 0 Å². The number of nitrogens with zero attached hydrogens (tertiary/aromatic N) is 5. The second kappa shape index (κ2) is 5.09. The topological polar surface area (TPSA) is 46.3 Å². The van der Waals surface area contributed by atoms with Gasteiger partial charge in [-0.2, -0.15) is 0 Å². The van der Waals surface area contributed by atoms with E-state index in [4.69, 9.17) is 4.98 Å². The Morgan fingerprint density at radius 1 is 1.22 bits per heavy atom. The fraction of sp³-hybridized carbons (Fsp3) is 0.400. The van der Waals surface area contributed by atoms with Gasteiger partial charge < -0.3 is 4.90 Å². The smallest absolute Gasteiger partial charge is 0.251 e. The van der Waals surface area contributed by atoms with Crippen molar-refractivity contribution in [1.29, 1.82) is 0 Å². The van der Waals surface area contributed by atoms with E-state index >= 15 is 0 Å². The van der Waals surface area contributed by atoms with Gasteiger partial charge >= 0.3 is 0 Å². The van der Waals surface area contributed by atoms with Gasteiger partial charge in [-0.3, -0.25) is 4.40 Å². The first-order valence-corrected chi connectivity index (χ1v) is 8.16. The molecule has 0 N–H and O–H groups in total. The van der Waals surface area contributed by atoms with Crippen molar-refractivity contribution in [2.24, 2.45) is 0 Å². The van der Waals surface area contributed by atoms with E-state index in [9.17, 15) is 8.78 Å². The Morgan fingerprint density at radius 3 is 2.70 bits per heavy atom. The summed E-state index contributed by atoms with van der Waals surface area (Å²) in [4.78, 5) is 6.58. The van der Waals surface area contributed by atoms with Crippen LogP contribution in [0.15, 0.2) is 22.9 Å². The highest BCUT2D eigenvalue weighted by Crippen LogP contribution is 2.33. The first-order chi connectivity index (χ1) is 10.9. The molecule has 120 valence electrons. The third-order valence-electron chi connectivity index (χ3n) is 4.20. The highest BCUT2D eigenvalue weighted by molar-refractivity contribution is 9.10. The van der Waals surface area contributed by atoms with Crippen LogP contribution in [0.5, 0.6) is 0 Å². The first-order valence-electron chi connectivity index (χ1n) is 7.37. The molecule has 2 aromatic heterocycles. The van der Waals surface area contributed by atoms with E-state index in [1.54, 1.807) is 10.7 Å². The summed E-state index contributed by atoms with van der Waals surface area (Å²) in [6.45, 7) is 2.53. The van der Waals surface area contributed by atoms with Crippen molar-refractivity contribution in [3.63, 3.8) is 0 Å². The van der Waals surface area contributed by atoms with Gasteiger partial charge in [-0.05, 0) is 40.5 Å². The monoisotopic (exact) mass is 381 g/mol. The van der Waals surface area contributed by atoms with Gasteiger partial charge in [0.15, 0.2) is 5.65 Å². The molecule has 0 bridgehead atoms. The molecule has 1 aliphatic rings. The SMILES string of the molecule is Cc1cc(Br)c2nc(N3CCC(F)(F)CC3)n3cnnc3c2c1. The van der Waals surface area contributed by atoms with Crippen LogP contribution >= 0.6 is 15.9 Å². The summed E-state index contributed by atoms with van der Waals surface area (Å²) >= 11 is 3.54. The number of anilines is 1. The quantitative estimate of drug-likeness (QED) is 0.646. The number of fused-ring (bicyclic) bond motifs is 3. The Kier molecular flexibility index (Phi) is 3.26. The molecule has 1 aliphatic heterocycles. The molecule has 23 heavy (non-hydrogen) atoms. The number of alkyl halides is 2. The molecule has 3 heterocycles. The lowest BCUT2D eigenvalue weighted by Gasteiger charge is -2.32. The minimum absolute atomic E-state index is 0.161. The van der Waals surface area contributed by atoms with Crippen LogP contribution in [0, 0.1) is 6.92 Å². The van der Waals surface area contributed by atoms with Gasteiger partial charge in [0.1, 0.15) is 6.33 Å². The van der Waals surface area contributed by atoms with E-state index in [0.29, 0.717) is 11.6 Å². The third kappa shape index (κ3) is 2.45. The van der Waals surface area contributed by atoms with Gasteiger partial charge in [-0.1, -0.05) is 0 Å². The maximum absolute atomic E-state index is 13.4. The average molecular weight is 382 g/mol. The van der Waals surface area contributed by atoms with Gasteiger partial charge in [0.25, 0.3) is 5.92 Å². The average Bonchev–Trinajstić information content (AvgIpc) is 2.97. The maximum atomic E-state index is 13.4. The van der Waals surface area contributed by atoms with E-state index in [-0.39, 0.29) is 25.9 Å². The number of rotatable bonds is 1. The summed E-state index contributed by atoms with van der Waals surface area (Å²) in [6.07, 6.45) is 1.26. The van der Waals surface area contributed by atoms with Crippen LogP contribution < -0.4 is 4.90 Å². The minimum Gasteiger partial charge on any atom is -0.341 e. The molecular weight excluding hydrogens is 368 g/mol. The summed E-state index contributed by atoms with van der Waals surface area (Å²) < 4.78 is 29.5. The number of aryl methyl sites for hydroxylation is 1. The Balaban J connectivity index is 1.91. The summed E-state index contributed by atoms with van der Waals surface area (Å²) in [6, 6.07) is 3.99. The fourth-order valence-corrected chi connectivity index (χ4v) is 3.66. The number of hydrogen-bond donors (Lipinski definition) is 0. The lowest BCUT2D eigenvalue weighted by Crippen LogP contribution is -2.40. The van der Waals surface area contributed by atoms with Crippen molar-refractivity contribution in [3.05, 3.63) is 28.5 Å². The number of piperidine rings is 1. The molecule has 1 aromatic carbocycles. The molecule has 3 aromatic rings. The van der Waals surface area contributed by atoms with Crippen LogP contribution in [0.4, 0.5) is 14.7 Å². The number of benzene rings is 1. The fourth-order valence-electron chi connectivity index (χ4n) is 2.99. The molecular formula is C15H14BrF2N5. The van der Waals surface area contributed by atoms with Crippen LogP contribution in [0.2, 0.25) is 0 Å². The van der Waals surface area contributed by atoms with Crippen molar-refractivity contribution < 1.29 is 8.78 Å². The molecule has 1 fully saturated rings. The molecule has 0 spiro atoms. The third-order valence-corrected chi connectivity index (χ3v) is 4.81. The van der Waals surface area contributed by atoms with E-state index in [1.165, 1.54) is 0 Å². The van der Waals surface area contributed by atoms with Crippen molar-refractivity contribution in [3.8, 4) is 0 Å². The molecule has 0 unspecified atom stereocenters. The van der Waals surface area contributed by atoms with Crippen molar-refractivity contribution in [2.75, 3.05) is 18.0 Å². The summed E-state index contributed by atoms with van der Waals surface area (Å²) in [7, 11) is 0. The second-order valence-corrected chi connectivity index (χ2v) is 6.78. The van der Waals surface area contributed by atoms with Crippen LogP contribution in [0.25, 0.3) is 16.6 Å². The summed E-state index contributed by atoms with van der Waals surface area (Å²) in [5.41, 5.74) is 2.54. The molecule has 4 rings (SSSR count). The number of halogens is 3. The molecule has 0 saturated carbocycles. The molecule has 1 saturated heterocycles. The van der Waals surface area contributed by atoms with Gasteiger partial charge in [0.2, 0.25) is 5.95 Å². The lowest BCUT2D eigenvalue weighted by molar-refractivity contribution is -0.0222. The second-order valence-electron chi connectivity index (χ2n) is 5.92. The maximum Gasteiger partial charge on any atom is 0.251 e. The van der Waals surface area contributed by atoms with E-state index in [2.05, 4.69) is 26.1 Å². The molecule has 5 nitrogen and oxygen atoms in total. The van der Waals surface area contributed by atoms with Crippen molar-refractivity contribution in [2.45, 2.75) is 25.7 Å². The molecule has 8 heteroatoms. The molecule has 0 atom stereocenters. The Hall–Kier alpha value is -1.83. The number of hydrogen-bond acceptors (Lipinski definition) is 4. The Bertz CT molecular complexity index is 898. The Morgan fingerprint density at radius 2 is 1.96 bits per heavy atom.